The van der Waals surface area contributed by atoms with Gasteiger partial charge in [0.15, 0.2) is 5.71 Å². The molecule has 0 aliphatic carbocycles. The third-order valence-electron chi connectivity index (χ3n) is 3.40. The SMILES string of the molecule is CCCCS(=O)(=O)O/N=C1\CCC(COc2ccccc2)OC1=O. The van der Waals surface area contributed by atoms with Crippen LogP contribution in [-0.2, 0) is 23.9 Å². The van der Waals surface area contributed by atoms with E-state index in [1.807, 2.05) is 37.3 Å². The molecule has 1 aliphatic heterocycles. The van der Waals surface area contributed by atoms with Gasteiger partial charge in [-0.25, -0.2) is 4.79 Å². The Kier molecular flexibility index (Phi) is 6.60. The lowest BCUT2D eigenvalue weighted by Crippen LogP contribution is -2.35. The lowest BCUT2D eigenvalue weighted by molar-refractivity contribution is -0.144. The van der Waals surface area contributed by atoms with Crippen LogP contribution in [0, 0.1) is 0 Å². The van der Waals surface area contributed by atoms with Crippen molar-refractivity contribution in [3.05, 3.63) is 30.3 Å². The zero-order chi connectivity index (χ0) is 17.4. The second-order valence-corrected chi connectivity index (χ2v) is 7.09. The molecule has 0 aromatic heterocycles. The lowest BCUT2D eigenvalue weighted by atomic mass is 10.1. The van der Waals surface area contributed by atoms with E-state index in [4.69, 9.17) is 9.47 Å². The van der Waals surface area contributed by atoms with Crippen LogP contribution in [0.3, 0.4) is 0 Å². The fourth-order valence-electron chi connectivity index (χ4n) is 2.04. The van der Waals surface area contributed by atoms with Crippen LogP contribution < -0.4 is 4.74 Å². The quantitative estimate of drug-likeness (QED) is 0.525. The van der Waals surface area contributed by atoms with Gasteiger partial charge in [0.2, 0.25) is 0 Å². The topological polar surface area (TPSA) is 91.3 Å². The number of nitrogens with zero attached hydrogens (tertiary/aromatic N) is 1. The van der Waals surface area contributed by atoms with Crippen LogP contribution in [0.15, 0.2) is 35.5 Å². The van der Waals surface area contributed by atoms with Crippen LogP contribution in [0.4, 0.5) is 0 Å². The summed E-state index contributed by atoms with van der Waals surface area (Å²) in [4.78, 5) is 11.9. The van der Waals surface area contributed by atoms with E-state index in [1.54, 1.807) is 0 Å². The van der Waals surface area contributed by atoms with Gasteiger partial charge in [-0.1, -0.05) is 36.7 Å². The molecule has 1 fully saturated rings. The average Bonchev–Trinajstić information content (AvgIpc) is 2.58. The molecule has 8 heteroatoms. The van der Waals surface area contributed by atoms with Gasteiger partial charge in [-0.05, 0) is 25.0 Å². The second kappa shape index (κ2) is 8.68. The lowest BCUT2D eigenvalue weighted by Gasteiger charge is -2.22. The molecule has 1 unspecified atom stereocenters. The zero-order valence-electron chi connectivity index (χ0n) is 13.5. The Morgan fingerprint density at radius 1 is 1.29 bits per heavy atom. The first-order valence-electron chi connectivity index (χ1n) is 7.87. The molecule has 7 nitrogen and oxygen atoms in total. The highest BCUT2D eigenvalue weighted by Crippen LogP contribution is 2.16. The van der Waals surface area contributed by atoms with E-state index in [0.29, 0.717) is 18.6 Å². The normalized spacial score (nSPS) is 19.8. The predicted octanol–water partition coefficient (Wildman–Crippen LogP) is 2.27. The highest BCUT2D eigenvalue weighted by molar-refractivity contribution is 7.86. The molecule has 1 saturated heterocycles. The number of carbonyl (C=O) groups excluding carboxylic acids is 1. The highest BCUT2D eigenvalue weighted by atomic mass is 32.2. The van der Waals surface area contributed by atoms with Crippen LogP contribution in [0.25, 0.3) is 0 Å². The number of para-hydroxylation sites is 1. The maximum atomic E-state index is 11.9. The van der Waals surface area contributed by atoms with Gasteiger partial charge in [-0.15, -0.1) is 0 Å². The zero-order valence-corrected chi connectivity index (χ0v) is 14.3. The molecule has 0 bridgehead atoms. The summed E-state index contributed by atoms with van der Waals surface area (Å²) in [6.45, 7) is 2.11. The molecular formula is C16H21NO6S. The van der Waals surface area contributed by atoms with E-state index >= 15 is 0 Å². The molecule has 1 aromatic carbocycles. The van der Waals surface area contributed by atoms with Crippen LogP contribution in [0.1, 0.15) is 32.6 Å². The molecule has 0 spiro atoms. The van der Waals surface area contributed by atoms with Gasteiger partial charge in [0.05, 0.1) is 5.75 Å². The number of cyclic esters (lactones) is 1. The van der Waals surface area contributed by atoms with Crippen molar-refractivity contribution >= 4 is 21.8 Å². The molecule has 132 valence electrons. The molecule has 0 radical (unpaired) electrons. The number of hydrogen-bond acceptors (Lipinski definition) is 7. The van der Waals surface area contributed by atoms with Crippen molar-refractivity contribution in [1.29, 1.82) is 0 Å². The summed E-state index contributed by atoms with van der Waals surface area (Å²) in [5.74, 6) is -0.102. The summed E-state index contributed by atoms with van der Waals surface area (Å²) in [7, 11) is -3.75. The van der Waals surface area contributed by atoms with Crippen molar-refractivity contribution in [1.82, 2.24) is 0 Å². The number of unbranched alkanes of at least 4 members (excludes halogenated alkanes) is 1. The molecule has 0 amide bonds. The van der Waals surface area contributed by atoms with Crippen molar-refractivity contribution in [2.75, 3.05) is 12.4 Å². The Hall–Kier alpha value is -2.09. The largest absolute Gasteiger partial charge is 0.490 e. The van der Waals surface area contributed by atoms with Crippen LogP contribution >= 0.6 is 0 Å². The molecular weight excluding hydrogens is 334 g/mol. The molecule has 2 rings (SSSR count). The molecule has 0 N–H and O–H groups in total. The summed E-state index contributed by atoms with van der Waals surface area (Å²) < 4.78 is 38.4. The molecule has 0 saturated carbocycles. The Bertz CT molecular complexity index is 671. The number of oxime groups is 1. The average molecular weight is 355 g/mol. The molecule has 1 atom stereocenters. The minimum absolute atomic E-state index is 0.0222. The van der Waals surface area contributed by atoms with Gasteiger partial charge >= 0.3 is 16.1 Å². The second-order valence-electron chi connectivity index (χ2n) is 5.42. The van der Waals surface area contributed by atoms with E-state index in [1.165, 1.54) is 0 Å². The highest BCUT2D eigenvalue weighted by Gasteiger charge is 2.28. The van der Waals surface area contributed by atoms with Crippen LogP contribution in [0.2, 0.25) is 0 Å². The van der Waals surface area contributed by atoms with Crippen LogP contribution in [-0.4, -0.2) is 38.6 Å². The van der Waals surface area contributed by atoms with Crippen molar-refractivity contribution in [3.63, 3.8) is 0 Å². The maximum absolute atomic E-state index is 11.9. The van der Waals surface area contributed by atoms with E-state index in [9.17, 15) is 13.2 Å². The first-order chi connectivity index (χ1) is 11.5. The van der Waals surface area contributed by atoms with E-state index in [-0.39, 0.29) is 24.5 Å². The number of benzene rings is 1. The number of hydrogen-bond donors (Lipinski definition) is 0. The Morgan fingerprint density at radius 2 is 2.04 bits per heavy atom. The fraction of sp³-hybridized carbons (Fsp3) is 0.500. The minimum atomic E-state index is -3.75. The van der Waals surface area contributed by atoms with Crippen molar-refractivity contribution in [3.8, 4) is 5.75 Å². The molecule has 1 aliphatic rings. The van der Waals surface area contributed by atoms with Crippen LogP contribution in [0.5, 0.6) is 5.75 Å². The van der Waals surface area contributed by atoms with Crippen molar-refractivity contribution in [2.45, 2.75) is 38.7 Å². The summed E-state index contributed by atoms with van der Waals surface area (Å²) >= 11 is 0. The minimum Gasteiger partial charge on any atom is -0.490 e. The van der Waals surface area contributed by atoms with E-state index < -0.39 is 22.2 Å². The Morgan fingerprint density at radius 3 is 2.71 bits per heavy atom. The van der Waals surface area contributed by atoms with Crippen molar-refractivity contribution < 1.29 is 27.0 Å². The summed E-state index contributed by atoms with van der Waals surface area (Å²) in [6, 6.07) is 9.20. The van der Waals surface area contributed by atoms with Gasteiger partial charge < -0.3 is 9.47 Å². The number of rotatable bonds is 8. The molecule has 24 heavy (non-hydrogen) atoms. The van der Waals surface area contributed by atoms with Gasteiger partial charge in [-0.3, -0.25) is 4.28 Å². The van der Waals surface area contributed by atoms with Gasteiger partial charge in [0, 0.05) is 6.42 Å². The van der Waals surface area contributed by atoms with E-state index in [0.717, 1.165) is 6.42 Å². The number of carbonyl (C=O) groups is 1. The number of ether oxygens (including phenoxy) is 2. The first-order valence-corrected chi connectivity index (χ1v) is 9.45. The monoisotopic (exact) mass is 355 g/mol. The van der Waals surface area contributed by atoms with Gasteiger partial charge in [0.1, 0.15) is 18.5 Å². The standard InChI is InChI=1S/C16H21NO6S/c1-2-3-11-24(19,20)23-17-15-10-9-14(22-16(15)18)12-21-13-7-5-4-6-8-13/h4-8,14H,2-3,9-12H2,1H3/b17-15+. The van der Waals surface area contributed by atoms with Crippen molar-refractivity contribution in [2.24, 2.45) is 5.16 Å². The third kappa shape index (κ3) is 5.84. The summed E-state index contributed by atoms with van der Waals surface area (Å²) in [5.41, 5.74) is -0.0222. The first kappa shape index (κ1) is 18.3. The number of esters is 1. The Labute approximate surface area is 141 Å². The fourth-order valence-corrected chi connectivity index (χ4v) is 2.96. The predicted molar refractivity (Wildman–Crippen MR) is 88.3 cm³/mol. The van der Waals surface area contributed by atoms with Gasteiger partial charge in [-0.2, -0.15) is 8.42 Å². The molecule has 1 aromatic rings. The van der Waals surface area contributed by atoms with E-state index in [2.05, 4.69) is 9.44 Å². The smallest absolute Gasteiger partial charge is 0.356 e. The summed E-state index contributed by atoms with van der Waals surface area (Å²) in [5, 5.41) is 3.45. The molecule has 1 heterocycles. The Balaban J connectivity index is 1.82. The maximum Gasteiger partial charge on any atom is 0.356 e. The summed E-state index contributed by atoms with van der Waals surface area (Å²) in [6.07, 6.45) is 1.59. The third-order valence-corrected chi connectivity index (χ3v) is 4.49. The van der Waals surface area contributed by atoms with Gasteiger partial charge in [0.25, 0.3) is 0 Å².